The van der Waals surface area contributed by atoms with Crippen molar-refractivity contribution in [3.63, 3.8) is 0 Å². The molecule has 3 nitrogen and oxygen atoms in total. The molecule has 1 atom stereocenters. The maximum absolute atomic E-state index is 13.7. The monoisotopic (exact) mass is 255 g/mol. The molecule has 1 rings (SSSR count). The number of para-hydroxylation sites is 1. The first-order valence-corrected chi connectivity index (χ1v) is 6.32. The molecule has 18 heavy (non-hydrogen) atoms. The standard InChI is InChI=1S/C14H22FNO2/c1-4-11(2)18-14-12(6-5-7-13(14)15)10-16-8-9-17-3/h5-7,11,16H,4,8-10H2,1-3H3. The Hall–Kier alpha value is -1.13. The van der Waals surface area contributed by atoms with Gasteiger partial charge in [-0.1, -0.05) is 19.1 Å². The first kappa shape index (κ1) is 14.9. The molecule has 0 fully saturated rings. The Morgan fingerprint density at radius 1 is 1.39 bits per heavy atom. The van der Waals surface area contributed by atoms with E-state index in [1.165, 1.54) is 6.07 Å². The van der Waals surface area contributed by atoms with E-state index >= 15 is 0 Å². The van der Waals surface area contributed by atoms with Gasteiger partial charge >= 0.3 is 0 Å². The largest absolute Gasteiger partial charge is 0.487 e. The van der Waals surface area contributed by atoms with Gasteiger partial charge in [0.2, 0.25) is 0 Å². The van der Waals surface area contributed by atoms with Crippen LogP contribution in [0.1, 0.15) is 25.8 Å². The minimum atomic E-state index is -0.304. The highest BCUT2D eigenvalue weighted by atomic mass is 19.1. The Labute approximate surface area is 108 Å². The fourth-order valence-corrected chi connectivity index (χ4v) is 1.51. The SMILES string of the molecule is CCC(C)Oc1c(F)cccc1CNCCOC. The summed E-state index contributed by atoms with van der Waals surface area (Å²) in [5.74, 6) is 0.0538. The van der Waals surface area contributed by atoms with Gasteiger partial charge in [0.15, 0.2) is 11.6 Å². The molecule has 0 amide bonds. The lowest BCUT2D eigenvalue weighted by Crippen LogP contribution is -2.20. The predicted molar refractivity (Wildman–Crippen MR) is 70.4 cm³/mol. The van der Waals surface area contributed by atoms with Crippen LogP contribution in [0.5, 0.6) is 5.75 Å². The van der Waals surface area contributed by atoms with Gasteiger partial charge in [-0.25, -0.2) is 4.39 Å². The third-order valence-corrected chi connectivity index (χ3v) is 2.74. The minimum absolute atomic E-state index is 0.0135. The van der Waals surface area contributed by atoms with Crippen LogP contribution in [-0.4, -0.2) is 26.4 Å². The number of rotatable bonds is 8. The van der Waals surface area contributed by atoms with E-state index in [1.54, 1.807) is 13.2 Å². The number of halogens is 1. The highest BCUT2D eigenvalue weighted by Crippen LogP contribution is 2.24. The van der Waals surface area contributed by atoms with Gasteiger partial charge in [-0.3, -0.25) is 0 Å². The Balaban J connectivity index is 2.67. The molecule has 4 heteroatoms. The maximum atomic E-state index is 13.7. The van der Waals surface area contributed by atoms with E-state index in [0.717, 1.165) is 18.5 Å². The summed E-state index contributed by atoms with van der Waals surface area (Å²) in [5.41, 5.74) is 0.839. The molecular weight excluding hydrogens is 233 g/mol. The molecule has 0 radical (unpaired) electrons. The van der Waals surface area contributed by atoms with Gasteiger partial charge in [0.1, 0.15) is 0 Å². The van der Waals surface area contributed by atoms with Crippen LogP contribution in [0.25, 0.3) is 0 Å². The number of nitrogens with one attached hydrogen (secondary N) is 1. The fraction of sp³-hybridized carbons (Fsp3) is 0.571. The van der Waals surface area contributed by atoms with Crippen molar-refractivity contribution < 1.29 is 13.9 Å². The van der Waals surface area contributed by atoms with Crippen LogP contribution in [0.15, 0.2) is 18.2 Å². The molecule has 0 aliphatic carbocycles. The summed E-state index contributed by atoms with van der Waals surface area (Å²) in [4.78, 5) is 0. The van der Waals surface area contributed by atoms with Gasteiger partial charge in [0.25, 0.3) is 0 Å². The Morgan fingerprint density at radius 3 is 2.83 bits per heavy atom. The van der Waals surface area contributed by atoms with Crippen molar-refractivity contribution in [1.82, 2.24) is 5.32 Å². The summed E-state index contributed by atoms with van der Waals surface area (Å²) in [6, 6.07) is 5.00. The molecule has 1 aromatic carbocycles. The first-order chi connectivity index (χ1) is 8.69. The predicted octanol–water partition coefficient (Wildman–Crippen LogP) is 2.74. The van der Waals surface area contributed by atoms with Gasteiger partial charge in [-0.15, -0.1) is 0 Å². The summed E-state index contributed by atoms with van der Waals surface area (Å²) in [5, 5.41) is 3.19. The third-order valence-electron chi connectivity index (χ3n) is 2.74. The number of ether oxygens (including phenoxy) is 2. The Bertz CT molecular complexity index is 358. The molecule has 1 N–H and O–H groups in total. The van der Waals surface area contributed by atoms with E-state index in [1.807, 2.05) is 19.9 Å². The lowest BCUT2D eigenvalue weighted by Gasteiger charge is -2.17. The van der Waals surface area contributed by atoms with Crippen molar-refractivity contribution in [2.24, 2.45) is 0 Å². The van der Waals surface area contributed by atoms with E-state index in [-0.39, 0.29) is 11.9 Å². The average molecular weight is 255 g/mol. The highest BCUT2D eigenvalue weighted by Gasteiger charge is 2.12. The molecule has 1 aromatic rings. The van der Waals surface area contributed by atoms with Crippen LogP contribution >= 0.6 is 0 Å². The van der Waals surface area contributed by atoms with E-state index in [4.69, 9.17) is 9.47 Å². The second-order valence-electron chi connectivity index (χ2n) is 4.23. The fourth-order valence-electron chi connectivity index (χ4n) is 1.51. The summed E-state index contributed by atoms with van der Waals surface area (Å²) < 4.78 is 24.3. The van der Waals surface area contributed by atoms with E-state index in [2.05, 4.69) is 5.32 Å². The van der Waals surface area contributed by atoms with E-state index < -0.39 is 0 Å². The average Bonchev–Trinajstić information content (AvgIpc) is 2.38. The summed E-state index contributed by atoms with van der Waals surface area (Å²) >= 11 is 0. The number of hydrogen-bond donors (Lipinski definition) is 1. The van der Waals surface area contributed by atoms with E-state index in [0.29, 0.717) is 18.9 Å². The molecule has 0 saturated heterocycles. The first-order valence-electron chi connectivity index (χ1n) is 6.32. The van der Waals surface area contributed by atoms with Gasteiger partial charge in [0.05, 0.1) is 12.7 Å². The van der Waals surface area contributed by atoms with E-state index in [9.17, 15) is 4.39 Å². The summed E-state index contributed by atoms with van der Waals surface area (Å²) in [6.07, 6.45) is 0.866. The molecule has 0 saturated carbocycles. The minimum Gasteiger partial charge on any atom is -0.487 e. The molecule has 1 unspecified atom stereocenters. The van der Waals surface area contributed by atoms with Crippen LogP contribution in [0.3, 0.4) is 0 Å². The van der Waals surface area contributed by atoms with Crippen molar-refractivity contribution in [3.05, 3.63) is 29.6 Å². The topological polar surface area (TPSA) is 30.5 Å². The van der Waals surface area contributed by atoms with Gasteiger partial charge in [0, 0.05) is 25.8 Å². The quantitative estimate of drug-likeness (QED) is 0.725. The van der Waals surface area contributed by atoms with Crippen LogP contribution in [0, 0.1) is 5.82 Å². The molecule has 0 spiro atoms. The Morgan fingerprint density at radius 2 is 2.17 bits per heavy atom. The maximum Gasteiger partial charge on any atom is 0.165 e. The third kappa shape index (κ3) is 4.63. The van der Waals surface area contributed by atoms with Crippen LogP contribution in [-0.2, 0) is 11.3 Å². The number of methoxy groups -OCH3 is 1. The number of hydrogen-bond acceptors (Lipinski definition) is 3. The van der Waals surface area contributed by atoms with Crippen LogP contribution in [0.2, 0.25) is 0 Å². The molecule has 0 aromatic heterocycles. The van der Waals surface area contributed by atoms with Crippen molar-refractivity contribution in [2.75, 3.05) is 20.3 Å². The molecular formula is C14H22FNO2. The lowest BCUT2D eigenvalue weighted by molar-refractivity contribution is 0.196. The van der Waals surface area contributed by atoms with Crippen molar-refractivity contribution in [3.8, 4) is 5.75 Å². The van der Waals surface area contributed by atoms with Crippen molar-refractivity contribution in [2.45, 2.75) is 32.9 Å². The zero-order chi connectivity index (χ0) is 13.4. The summed E-state index contributed by atoms with van der Waals surface area (Å²) in [7, 11) is 1.65. The second kappa shape index (κ2) is 8.06. The van der Waals surface area contributed by atoms with Gasteiger partial charge in [-0.2, -0.15) is 0 Å². The zero-order valence-electron chi connectivity index (χ0n) is 11.3. The molecule has 0 aliphatic rings. The second-order valence-corrected chi connectivity index (χ2v) is 4.23. The molecule has 0 bridgehead atoms. The highest BCUT2D eigenvalue weighted by molar-refractivity contribution is 5.35. The normalized spacial score (nSPS) is 12.4. The lowest BCUT2D eigenvalue weighted by atomic mass is 10.2. The Kier molecular flexibility index (Phi) is 6.68. The van der Waals surface area contributed by atoms with Crippen LogP contribution < -0.4 is 10.1 Å². The van der Waals surface area contributed by atoms with Gasteiger partial charge < -0.3 is 14.8 Å². The zero-order valence-corrected chi connectivity index (χ0v) is 11.3. The van der Waals surface area contributed by atoms with Crippen molar-refractivity contribution >= 4 is 0 Å². The summed E-state index contributed by atoms with van der Waals surface area (Å²) in [6.45, 7) is 5.90. The van der Waals surface area contributed by atoms with Crippen molar-refractivity contribution in [1.29, 1.82) is 0 Å². The van der Waals surface area contributed by atoms with Crippen LogP contribution in [0.4, 0.5) is 4.39 Å². The molecule has 0 heterocycles. The smallest absolute Gasteiger partial charge is 0.165 e. The molecule has 0 aliphatic heterocycles. The molecule has 102 valence electrons. The number of benzene rings is 1. The van der Waals surface area contributed by atoms with Gasteiger partial charge in [-0.05, 0) is 19.4 Å².